The predicted molar refractivity (Wildman–Crippen MR) is 74.3 cm³/mol. The fraction of sp³-hybridized carbons (Fsp3) is 0.286. The number of imide groups is 1. The maximum Gasteiger partial charge on any atom is 0.262 e. The minimum absolute atomic E-state index is 0.345. The van der Waals surface area contributed by atoms with Crippen molar-refractivity contribution in [2.24, 2.45) is 0 Å². The standard InChI is InChI=1S/C14H13BrFNO2/c1-9(6-7-15)12(8-16)17-13(18)10-4-2-3-5-11(10)14(17)19/h2-6,12H,7-8H2,1H3. The average molecular weight is 326 g/mol. The molecule has 1 aliphatic heterocycles. The van der Waals surface area contributed by atoms with Crippen molar-refractivity contribution in [3.63, 3.8) is 0 Å². The molecule has 0 radical (unpaired) electrons. The Kier molecular flexibility index (Phi) is 4.14. The lowest BCUT2D eigenvalue weighted by Crippen LogP contribution is -2.42. The van der Waals surface area contributed by atoms with Gasteiger partial charge in [-0.15, -0.1) is 0 Å². The topological polar surface area (TPSA) is 37.4 Å². The Morgan fingerprint density at radius 3 is 2.26 bits per heavy atom. The molecule has 0 fully saturated rings. The Labute approximate surface area is 119 Å². The molecule has 3 nitrogen and oxygen atoms in total. The van der Waals surface area contributed by atoms with Gasteiger partial charge in [-0.05, 0) is 19.1 Å². The van der Waals surface area contributed by atoms with Crippen molar-refractivity contribution in [3.05, 3.63) is 47.0 Å². The zero-order valence-electron chi connectivity index (χ0n) is 10.4. The van der Waals surface area contributed by atoms with Gasteiger partial charge in [-0.3, -0.25) is 14.5 Å². The van der Waals surface area contributed by atoms with Gasteiger partial charge in [0.05, 0.1) is 17.2 Å². The van der Waals surface area contributed by atoms with Gasteiger partial charge in [0.2, 0.25) is 0 Å². The number of halogens is 2. The van der Waals surface area contributed by atoms with E-state index in [2.05, 4.69) is 15.9 Å². The van der Waals surface area contributed by atoms with Crippen LogP contribution in [0, 0.1) is 0 Å². The Hall–Kier alpha value is -1.49. The first-order chi connectivity index (χ1) is 9.11. The molecular weight excluding hydrogens is 313 g/mol. The molecular formula is C14H13BrFNO2. The summed E-state index contributed by atoms with van der Waals surface area (Å²) in [6.45, 7) is 0.940. The maximum atomic E-state index is 13.3. The molecule has 1 atom stereocenters. The number of hydrogen-bond acceptors (Lipinski definition) is 2. The van der Waals surface area contributed by atoms with Gasteiger partial charge in [0, 0.05) is 5.33 Å². The fourth-order valence-corrected chi connectivity index (χ4v) is 2.65. The highest BCUT2D eigenvalue weighted by Gasteiger charge is 2.40. The van der Waals surface area contributed by atoms with Crippen molar-refractivity contribution in [1.82, 2.24) is 4.90 Å². The second-order valence-electron chi connectivity index (χ2n) is 4.30. The molecule has 1 aliphatic rings. The summed E-state index contributed by atoms with van der Waals surface area (Å²) in [5, 5.41) is 0.554. The van der Waals surface area contributed by atoms with Gasteiger partial charge < -0.3 is 0 Å². The molecule has 0 aromatic heterocycles. The van der Waals surface area contributed by atoms with Crippen molar-refractivity contribution in [2.75, 3.05) is 12.0 Å². The van der Waals surface area contributed by atoms with E-state index in [1.165, 1.54) is 0 Å². The number of rotatable bonds is 4. The molecule has 0 N–H and O–H groups in total. The smallest absolute Gasteiger partial charge is 0.262 e. The number of hydrogen-bond donors (Lipinski definition) is 0. The first-order valence-corrected chi connectivity index (χ1v) is 6.99. The highest BCUT2D eigenvalue weighted by Crippen LogP contribution is 2.27. The van der Waals surface area contributed by atoms with E-state index in [0.717, 1.165) is 4.90 Å². The molecule has 1 aromatic rings. The van der Waals surface area contributed by atoms with Gasteiger partial charge >= 0.3 is 0 Å². The predicted octanol–water partition coefficient (Wildman–Crippen LogP) is 2.96. The third kappa shape index (κ3) is 2.34. The first-order valence-electron chi connectivity index (χ1n) is 5.87. The Bertz CT molecular complexity index is 521. The lowest BCUT2D eigenvalue weighted by molar-refractivity contribution is 0.0587. The van der Waals surface area contributed by atoms with Crippen molar-refractivity contribution in [3.8, 4) is 0 Å². The molecule has 1 unspecified atom stereocenters. The summed E-state index contributed by atoms with van der Waals surface area (Å²) >= 11 is 3.23. The van der Waals surface area contributed by atoms with Crippen LogP contribution >= 0.6 is 15.9 Å². The quantitative estimate of drug-likeness (QED) is 0.485. The minimum atomic E-state index is -0.829. The summed E-state index contributed by atoms with van der Waals surface area (Å²) in [5.41, 5.74) is 1.35. The van der Waals surface area contributed by atoms with Crippen LogP contribution in [0.4, 0.5) is 4.39 Å². The highest BCUT2D eigenvalue weighted by atomic mass is 79.9. The van der Waals surface area contributed by atoms with Crippen LogP contribution in [0.1, 0.15) is 27.6 Å². The van der Waals surface area contributed by atoms with E-state index in [1.54, 1.807) is 37.3 Å². The number of amides is 2. The van der Waals surface area contributed by atoms with Crippen LogP contribution in [0.5, 0.6) is 0 Å². The zero-order valence-corrected chi connectivity index (χ0v) is 12.0. The van der Waals surface area contributed by atoms with Gasteiger partial charge in [-0.2, -0.15) is 0 Å². The van der Waals surface area contributed by atoms with Crippen LogP contribution in [0.15, 0.2) is 35.9 Å². The van der Waals surface area contributed by atoms with Crippen LogP contribution in [0.3, 0.4) is 0 Å². The van der Waals surface area contributed by atoms with Gasteiger partial charge in [-0.25, -0.2) is 4.39 Å². The summed E-state index contributed by atoms with van der Waals surface area (Å²) < 4.78 is 13.3. The number of benzene rings is 1. The normalized spacial score (nSPS) is 16.8. The van der Waals surface area contributed by atoms with E-state index >= 15 is 0 Å². The number of alkyl halides is 2. The van der Waals surface area contributed by atoms with E-state index in [9.17, 15) is 14.0 Å². The molecule has 5 heteroatoms. The molecule has 2 rings (SSSR count). The molecule has 0 saturated heterocycles. The van der Waals surface area contributed by atoms with E-state index in [-0.39, 0.29) is 0 Å². The van der Waals surface area contributed by atoms with Crippen LogP contribution in [-0.4, -0.2) is 34.8 Å². The second-order valence-corrected chi connectivity index (χ2v) is 4.95. The third-order valence-electron chi connectivity index (χ3n) is 3.21. The Balaban J connectivity index is 2.40. The van der Waals surface area contributed by atoms with Crippen molar-refractivity contribution in [1.29, 1.82) is 0 Å². The summed E-state index contributed by atoms with van der Waals surface area (Å²) in [5.74, 6) is -0.851. The number of carbonyl (C=O) groups is 2. The molecule has 0 spiro atoms. The minimum Gasteiger partial charge on any atom is -0.269 e. The third-order valence-corrected chi connectivity index (χ3v) is 3.53. The molecule has 0 saturated carbocycles. The van der Waals surface area contributed by atoms with E-state index < -0.39 is 24.5 Å². The maximum absolute atomic E-state index is 13.3. The molecule has 1 heterocycles. The number of nitrogens with zero attached hydrogens (tertiary/aromatic N) is 1. The van der Waals surface area contributed by atoms with E-state index in [4.69, 9.17) is 0 Å². The Morgan fingerprint density at radius 1 is 1.32 bits per heavy atom. The largest absolute Gasteiger partial charge is 0.269 e. The van der Waals surface area contributed by atoms with Crippen LogP contribution in [0.2, 0.25) is 0 Å². The van der Waals surface area contributed by atoms with Crippen LogP contribution in [0.25, 0.3) is 0 Å². The van der Waals surface area contributed by atoms with Gasteiger partial charge in [-0.1, -0.05) is 39.7 Å². The van der Waals surface area contributed by atoms with Gasteiger partial charge in [0.15, 0.2) is 0 Å². The molecule has 2 amide bonds. The summed E-state index contributed by atoms with van der Waals surface area (Å²) in [4.78, 5) is 25.4. The second kappa shape index (κ2) is 5.65. The van der Waals surface area contributed by atoms with Crippen LogP contribution < -0.4 is 0 Å². The first kappa shape index (κ1) is 13.9. The summed E-state index contributed by atoms with van der Waals surface area (Å²) in [6, 6.07) is 5.74. The average Bonchev–Trinajstić information content (AvgIpc) is 2.66. The molecule has 0 aliphatic carbocycles. The fourth-order valence-electron chi connectivity index (χ4n) is 2.14. The zero-order chi connectivity index (χ0) is 14.0. The number of fused-ring (bicyclic) bond motifs is 1. The molecule has 100 valence electrons. The summed E-state index contributed by atoms with van der Waals surface area (Å²) in [6.07, 6.45) is 1.76. The molecule has 0 bridgehead atoms. The highest BCUT2D eigenvalue weighted by molar-refractivity contribution is 9.09. The lowest BCUT2D eigenvalue weighted by Gasteiger charge is -2.24. The van der Waals surface area contributed by atoms with Crippen molar-refractivity contribution < 1.29 is 14.0 Å². The van der Waals surface area contributed by atoms with Crippen molar-refractivity contribution >= 4 is 27.7 Å². The molecule has 19 heavy (non-hydrogen) atoms. The summed E-state index contributed by atoms with van der Waals surface area (Å²) in [7, 11) is 0. The van der Waals surface area contributed by atoms with Crippen molar-refractivity contribution in [2.45, 2.75) is 13.0 Å². The number of carbonyl (C=O) groups excluding carboxylic acids is 2. The number of allylic oxidation sites excluding steroid dienone is 1. The monoisotopic (exact) mass is 325 g/mol. The van der Waals surface area contributed by atoms with Gasteiger partial charge in [0.1, 0.15) is 6.67 Å². The van der Waals surface area contributed by atoms with E-state index in [1.807, 2.05) is 0 Å². The Morgan fingerprint density at radius 2 is 1.84 bits per heavy atom. The van der Waals surface area contributed by atoms with E-state index in [0.29, 0.717) is 22.0 Å². The lowest BCUT2D eigenvalue weighted by atomic mass is 10.1. The van der Waals surface area contributed by atoms with Crippen LogP contribution in [-0.2, 0) is 0 Å². The van der Waals surface area contributed by atoms with Gasteiger partial charge in [0.25, 0.3) is 11.8 Å². The molecule has 1 aromatic carbocycles. The SMILES string of the molecule is CC(=CCBr)C(CF)N1C(=O)c2ccccc2C1=O.